The standard InChI is InChI=1S/C17H12ClF3N4O/c1-22-9-14-16(24-25-23-14)10-5-6-15(13(18)7-10)26-12-4-2-3-11(8-12)17(19,20)21/h2-9H,1H3,(H,23,24,25). The maximum absolute atomic E-state index is 12.8. The number of nitrogens with zero attached hydrogens (tertiary/aromatic N) is 3. The fraction of sp³-hybridized carbons (Fsp3) is 0.118. The molecule has 1 aromatic heterocycles. The van der Waals surface area contributed by atoms with Gasteiger partial charge in [0, 0.05) is 12.6 Å². The summed E-state index contributed by atoms with van der Waals surface area (Å²) in [7, 11) is 1.61. The first-order valence-corrected chi connectivity index (χ1v) is 7.74. The number of aromatic nitrogens is 3. The number of hydrogen-bond donors (Lipinski definition) is 1. The highest BCUT2D eigenvalue weighted by atomic mass is 35.5. The molecule has 0 bridgehead atoms. The molecule has 9 heteroatoms. The van der Waals surface area contributed by atoms with E-state index < -0.39 is 11.7 Å². The van der Waals surface area contributed by atoms with Gasteiger partial charge in [-0.2, -0.15) is 28.6 Å². The highest BCUT2D eigenvalue weighted by Crippen LogP contribution is 2.36. The quantitative estimate of drug-likeness (QED) is 0.649. The van der Waals surface area contributed by atoms with Crippen molar-refractivity contribution < 1.29 is 17.9 Å². The maximum Gasteiger partial charge on any atom is 0.416 e. The van der Waals surface area contributed by atoms with Gasteiger partial charge in [-0.1, -0.05) is 17.7 Å². The third-order valence-electron chi connectivity index (χ3n) is 3.42. The molecule has 0 aliphatic carbocycles. The van der Waals surface area contributed by atoms with E-state index in [2.05, 4.69) is 20.4 Å². The second-order valence-electron chi connectivity index (χ2n) is 5.22. The molecule has 0 aliphatic rings. The molecule has 26 heavy (non-hydrogen) atoms. The van der Waals surface area contributed by atoms with Crippen molar-refractivity contribution >= 4 is 17.8 Å². The molecule has 5 nitrogen and oxygen atoms in total. The number of nitrogens with one attached hydrogen (secondary N) is 1. The minimum Gasteiger partial charge on any atom is -0.456 e. The number of rotatable bonds is 4. The van der Waals surface area contributed by atoms with Gasteiger partial charge in [0.25, 0.3) is 0 Å². The third kappa shape index (κ3) is 3.85. The number of benzene rings is 2. The van der Waals surface area contributed by atoms with Crippen LogP contribution in [0.25, 0.3) is 11.3 Å². The van der Waals surface area contributed by atoms with E-state index in [1.54, 1.807) is 31.5 Å². The average molecular weight is 381 g/mol. The number of aliphatic imine (C=N–C) groups is 1. The summed E-state index contributed by atoms with van der Waals surface area (Å²) >= 11 is 6.22. The molecule has 0 saturated heterocycles. The molecule has 1 heterocycles. The monoisotopic (exact) mass is 380 g/mol. The largest absolute Gasteiger partial charge is 0.456 e. The first-order chi connectivity index (χ1) is 12.4. The lowest BCUT2D eigenvalue weighted by Crippen LogP contribution is -2.04. The zero-order chi connectivity index (χ0) is 18.7. The van der Waals surface area contributed by atoms with Crippen molar-refractivity contribution in [2.24, 2.45) is 4.99 Å². The Bertz CT molecular complexity index is 953. The van der Waals surface area contributed by atoms with Crippen molar-refractivity contribution in [3.8, 4) is 22.8 Å². The normalized spacial score (nSPS) is 11.9. The van der Waals surface area contributed by atoms with Crippen molar-refractivity contribution in [2.75, 3.05) is 7.05 Å². The molecular weight excluding hydrogens is 369 g/mol. The minimum atomic E-state index is -4.45. The maximum atomic E-state index is 12.8. The highest BCUT2D eigenvalue weighted by Gasteiger charge is 2.30. The molecule has 0 saturated carbocycles. The molecule has 3 rings (SSSR count). The summed E-state index contributed by atoms with van der Waals surface area (Å²) in [6.45, 7) is 0. The minimum absolute atomic E-state index is 0.0368. The van der Waals surface area contributed by atoms with Crippen LogP contribution in [-0.4, -0.2) is 28.7 Å². The number of aromatic amines is 1. The van der Waals surface area contributed by atoms with E-state index >= 15 is 0 Å². The Kier molecular flexibility index (Phi) is 4.94. The van der Waals surface area contributed by atoms with E-state index in [0.717, 1.165) is 12.1 Å². The molecular formula is C17H12ClF3N4O. The van der Waals surface area contributed by atoms with Crippen LogP contribution in [-0.2, 0) is 6.18 Å². The zero-order valence-electron chi connectivity index (χ0n) is 13.4. The summed E-state index contributed by atoms with van der Waals surface area (Å²) in [6, 6.07) is 9.41. The second-order valence-corrected chi connectivity index (χ2v) is 5.62. The van der Waals surface area contributed by atoms with E-state index in [4.69, 9.17) is 16.3 Å². The van der Waals surface area contributed by atoms with Crippen LogP contribution in [0, 0.1) is 0 Å². The van der Waals surface area contributed by atoms with Crippen LogP contribution < -0.4 is 4.74 Å². The Labute approximate surface area is 151 Å². The summed E-state index contributed by atoms with van der Waals surface area (Å²) in [5, 5.41) is 10.7. The Morgan fingerprint density at radius 3 is 2.65 bits per heavy atom. The lowest BCUT2D eigenvalue weighted by molar-refractivity contribution is -0.137. The summed E-state index contributed by atoms with van der Waals surface area (Å²) in [4.78, 5) is 3.89. The molecule has 0 radical (unpaired) electrons. The van der Waals surface area contributed by atoms with E-state index in [9.17, 15) is 13.2 Å². The Hall–Kier alpha value is -2.87. The van der Waals surface area contributed by atoms with Gasteiger partial charge in [0.05, 0.1) is 16.8 Å². The van der Waals surface area contributed by atoms with Gasteiger partial charge < -0.3 is 4.74 Å². The summed E-state index contributed by atoms with van der Waals surface area (Å²) in [6.07, 6.45) is -2.91. The molecule has 134 valence electrons. The topological polar surface area (TPSA) is 63.2 Å². The second kappa shape index (κ2) is 7.17. The Morgan fingerprint density at radius 2 is 1.96 bits per heavy atom. The molecule has 0 unspecified atom stereocenters. The molecule has 1 N–H and O–H groups in total. The molecule has 2 aromatic carbocycles. The van der Waals surface area contributed by atoms with Crippen molar-refractivity contribution in [1.82, 2.24) is 15.4 Å². The SMILES string of the molecule is CN=Cc1n[nH]nc1-c1ccc(Oc2cccc(C(F)(F)F)c2)c(Cl)c1. The third-order valence-corrected chi connectivity index (χ3v) is 3.72. The smallest absolute Gasteiger partial charge is 0.416 e. The highest BCUT2D eigenvalue weighted by molar-refractivity contribution is 6.32. The first-order valence-electron chi connectivity index (χ1n) is 7.36. The van der Waals surface area contributed by atoms with Crippen molar-refractivity contribution in [2.45, 2.75) is 6.18 Å². The predicted molar refractivity (Wildman–Crippen MR) is 91.9 cm³/mol. The zero-order valence-corrected chi connectivity index (χ0v) is 14.1. The number of H-pyrrole nitrogens is 1. The van der Waals surface area contributed by atoms with Crippen LogP contribution in [0.15, 0.2) is 47.5 Å². The van der Waals surface area contributed by atoms with Gasteiger partial charge in [-0.05, 0) is 36.4 Å². The van der Waals surface area contributed by atoms with E-state index in [1.807, 2.05) is 0 Å². The molecule has 0 aliphatic heterocycles. The van der Waals surface area contributed by atoms with E-state index in [1.165, 1.54) is 12.1 Å². The lowest BCUT2D eigenvalue weighted by atomic mass is 10.1. The molecule has 0 fully saturated rings. The van der Waals surface area contributed by atoms with Crippen LogP contribution >= 0.6 is 11.6 Å². The Balaban J connectivity index is 1.88. The van der Waals surface area contributed by atoms with Crippen molar-refractivity contribution in [3.05, 3.63) is 58.7 Å². The van der Waals surface area contributed by atoms with Gasteiger partial charge >= 0.3 is 6.18 Å². The summed E-state index contributed by atoms with van der Waals surface area (Å²) in [5.74, 6) is 0.263. The van der Waals surface area contributed by atoms with Crippen molar-refractivity contribution in [1.29, 1.82) is 0 Å². The molecule has 0 spiro atoms. The van der Waals surface area contributed by atoms with Crippen LogP contribution in [0.5, 0.6) is 11.5 Å². The number of halogens is 4. The van der Waals surface area contributed by atoms with Gasteiger partial charge in [-0.3, -0.25) is 4.99 Å². The number of hydrogen-bond acceptors (Lipinski definition) is 4. The first kappa shape index (κ1) is 17.9. The number of alkyl halides is 3. The van der Waals surface area contributed by atoms with Crippen LogP contribution in [0.3, 0.4) is 0 Å². The van der Waals surface area contributed by atoms with E-state index in [0.29, 0.717) is 17.0 Å². The molecule has 0 amide bonds. The van der Waals surface area contributed by atoms with Crippen LogP contribution in [0.4, 0.5) is 13.2 Å². The van der Waals surface area contributed by atoms with E-state index in [-0.39, 0.29) is 16.5 Å². The van der Waals surface area contributed by atoms with Gasteiger partial charge in [0.15, 0.2) is 0 Å². The predicted octanol–water partition coefficient (Wildman–Crippen LogP) is 4.98. The lowest BCUT2D eigenvalue weighted by Gasteiger charge is -2.11. The molecule has 0 atom stereocenters. The fourth-order valence-electron chi connectivity index (χ4n) is 2.26. The van der Waals surface area contributed by atoms with Gasteiger partial charge in [-0.15, -0.1) is 0 Å². The summed E-state index contributed by atoms with van der Waals surface area (Å²) in [5.41, 5.74) is 0.946. The van der Waals surface area contributed by atoms with Gasteiger partial charge in [0.2, 0.25) is 0 Å². The fourth-order valence-corrected chi connectivity index (χ4v) is 2.48. The summed E-state index contributed by atoms with van der Waals surface area (Å²) < 4.78 is 43.9. The van der Waals surface area contributed by atoms with Crippen LogP contribution in [0.2, 0.25) is 5.02 Å². The van der Waals surface area contributed by atoms with Gasteiger partial charge in [-0.25, -0.2) is 0 Å². The Morgan fingerprint density at radius 1 is 1.15 bits per heavy atom. The van der Waals surface area contributed by atoms with Crippen LogP contribution in [0.1, 0.15) is 11.3 Å². The average Bonchev–Trinajstić information content (AvgIpc) is 3.05. The molecule has 3 aromatic rings. The van der Waals surface area contributed by atoms with Crippen molar-refractivity contribution in [3.63, 3.8) is 0 Å². The van der Waals surface area contributed by atoms with Gasteiger partial charge in [0.1, 0.15) is 22.9 Å². The number of ether oxygens (including phenoxy) is 1.